The summed E-state index contributed by atoms with van der Waals surface area (Å²) in [6, 6.07) is 0.678. The van der Waals surface area contributed by atoms with Crippen LogP contribution in [0.25, 0.3) is 0 Å². The van der Waals surface area contributed by atoms with Gasteiger partial charge in [0.2, 0.25) is 5.95 Å². The lowest BCUT2D eigenvalue weighted by atomic mass is 10.1. The van der Waals surface area contributed by atoms with Crippen molar-refractivity contribution >= 4 is 5.95 Å². The number of hydrogen-bond acceptors (Lipinski definition) is 4. The van der Waals surface area contributed by atoms with Crippen molar-refractivity contribution in [2.45, 2.75) is 45.1 Å². The Labute approximate surface area is 103 Å². The SMILES string of the molecule is CC(C)c1cnc(NCCC2CCCN2)nc1. The molecular formula is C13H22N4. The Morgan fingerprint density at radius 1 is 1.41 bits per heavy atom. The van der Waals surface area contributed by atoms with Crippen molar-refractivity contribution in [1.29, 1.82) is 0 Å². The molecule has 0 radical (unpaired) electrons. The lowest BCUT2D eigenvalue weighted by Gasteiger charge is -2.11. The van der Waals surface area contributed by atoms with Crippen LogP contribution in [0.1, 0.15) is 44.6 Å². The van der Waals surface area contributed by atoms with Crippen molar-refractivity contribution in [3.63, 3.8) is 0 Å². The highest BCUT2D eigenvalue weighted by Gasteiger charge is 2.13. The molecule has 4 nitrogen and oxygen atoms in total. The van der Waals surface area contributed by atoms with Gasteiger partial charge in [0.15, 0.2) is 0 Å². The standard InChI is InChI=1S/C13H22N4/c1-10(2)11-8-16-13(17-9-11)15-7-5-12-4-3-6-14-12/h8-10,12,14H,3-7H2,1-2H3,(H,15,16,17). The summed E-state index contributed by atoms with van der Waals surface area (Å²) in [4.78, 5) is 8.64. The average molecular weight is 234 g/mol. The van der Waals surface area contributed by atoms with Crippen molar-refractivity contribution in [2.75, 3.05) is 18.4 Å². The maximum atomic E-state index is 4.32. The molecule has 0 aliphatic carbocycles. The fourth-order valence-electron chi connectivity index (χ4n) is 2.09. The second kappa shape index (κ2) is 5.96. The van der Waals surface area contributed by atoms with E-state index in [1.165, 1.54) is 24.9 Å². The first kappa shape index (κ1) is 12.3. The minimum atomic E-state index is 0.492. The first-order valence-corrected chi connectivity index (χ1v) is 6.55. The number of rotatable bonds is 5. The zero-order valence-corrected chi connectivity index (χ0v) is 10.7. The van der Waals surface area contributed by atoms with Crippen molar-refractivity contribution in [2.24, 2.45) is 0 Å². The topological polar surface area (TPSA) is 49.8 Å². The van der Waals surface area contributed by atoms with Crippen LogP contribution in [0.2, 0.25) is 0 Å². The van der Waals surface area contributed by atoms with E-state index in [-0.39, 0.29) is 0 Å². The Balaban J connectivity index is 1.74. The van der Waals surface area contributed by atoms with Gasteiger partial charge in [-0.1, -0.05) is 13.8 Å². The molecule has 0 saturated carbocycles. The summed E-state index contributed by atoms with van der Waals surface area (Å²) in [6.45, 7) is 6.41. The molecule has 0 aromatic carbocycles. The van der Waals surface area contributed by atoms with Gasteiger partial charge in [0, 0.05) is 25.0 Å². The van der Waals surface area contributed by atoms with Crippen molar-refractivity contribution in [3.05, 3.63) is 18.0 Å². The number of nitrogens with one attached hydrogen (secondary N) is 2. The van der Waals surface area contributed by atoms with Gasteiger partial charge in [-0.2, -0.15) is 0 Å². The van der Waals surface area contributed by atoms with E-state index in [1.54, 1.807) is 0 Å². The molecule has 2 N–H and O–H groups in total. The predicted octanol–water partition coefficient (Wildman–Crippen LogP) is 2.15. The molecular weight excluding hydrogens is 212 g/mol. The van der Waals surface area contributed by atoms with Gasteiger partial charge in [0.05, 0.1) is 0 Å². The van der Waals surface area contributed by atoms with E-state index in [0.29, 0.717) is 12.0 Å². The number of aromatic nitrogens is 2. The summed E-state index contributed by atoms with van der Waals surface area (Å²) in [5.41, 5.74) is 1.19. The Bertz CT molecular complexity index is 328. The molecule has 2 heterocycles. The summed E-state index contributed by atoms with van der Waals surface area (Å²) in [7, 11) is 0. The molecule has 94 valence electrons. The molecule has 1 fully saturated rings. The quantitative estimate of drug-likeness (QED) is 0.819. The largest absolute Gasteiger partial charge is 0.354 e. The average Bonchev–Trinajstić information content (AvgIpc) is 2.83. The fraction of sp³-hybridized carbons (Fsp3) is 0.692. The molecule has 2 rings (SSSR count). The second-order valence-corrected chi connectivity index (χ2v) is 5.00. The van der Waals surface area contributed by atoms with Gasteiger partial charge in [0.1, 0.15) is 0 Å². The van der Waals surface area contributed by atoms with E-state index in [4.69, 9.17) is 0 Å². The Morgan fingerprint density at radius 3 is 2.76 bits per heavy atom. The van der Waals surface area contributed by atoms with Crippen LogP contribution >= 0.6 is 0 Å². The van der Waals surface area contributed by atoms with E-state index in [2.05, 4.69) is 34.4 Å². The Hall–Kier alpha value is -1.16. The summed E-state index contributed by atoms with van der Waals surface area (Å²) in [5, 5.41) is 6.76. The third-order valence-corrected chi connectivity index (χ3v) is 3.28. The maximum absolute atomic E-state index is 4.32. The van der Waals surface area contributed by atoms with Gasteiger partial charge < -0.3 is 10.6 Å². The number of hydrogen-bond donors (Lipinski definition) is 2. The van der Waals surface area contributed by atoms with Crippen LogP contribution < -0.4 is 10.6 Å². The van der Waals surface area contributed by atoms with Crippen LogP contribution in [0.5, 0.6) is 0 Å². The minimum absolute atomic E-state index is 0.492. The molecule has 17 heavy (non-hydrogen) atoms. The molecule has 1 unspecified atom stereocenters. The molecule has 1 atom stereocenters. The van der Waals surface area contributed by atoms with Crippen molar-refractivity contribution in [1.82, 2.24) is 15.3 Å². The number of anilines is 1. The lowest BCUT2D eigenvalue weighted by molar-refractivity contribution is 0.573. The summed E-state index contributed by atoms with van der Waals surface area (Å²) < 4.78 is 0. The third-order valence-electron chi connectivity index (χ3n) is 3.28. The van der Waals surface area contributed by atoms with Gasteiger partial charge in [0.25, 0.3) is 0 Å². The highest BCUT2D eigenvalue weighted by Crippen LogP contribution is 2.12. The molecule has 4 heteroatoms. The van der Waals surface area contributed by atoms with Crippen molar-refractivity contribution in [3.8, 4) is 0 Å². The van der Waals surface area contributed by atoms with Crippen LogP contribution in [-0.2, 0) is 0 Å². The fourth-order valence-corrected chi connectivity index (χ4v) is 2.09. The minimum Gasteiger partial charge on any atom is -0.354 e. The summed E-state index contributed by atoms with van der Waals surface area (Å²) in [5.74, 6) is 1.24. The van der Waals surface area contributed by atoms with Gasteiger partial charge in [-0.05, 0) is 37.3 Å². The van der Waals surface area contributed by atoms with Gasteiger partial charge in [-0.25, -0.2) is 9.97 Å². The Morgan fingerprint density at radius 2 is 2.18 bits per heavy atom. The molecule has 0 amide bonds. The van der Waals surface area contributed by atoms with Crippen LogP contribution in [-0.4, -0.2) is 29.1 Å². The predicted molar refractivity (Wildman–Crippen MR) is 70.3 cm³/mol. The van der Waals surface area contributed by atoms with Gasteiger partial charge >= 0.3 is 0 Å². The van der Waals surface area contributed by atoms with Gasteiger partial charge in [-0.3, -0.25) is 0 Å². The molecule has 1 aliphatic rings. The van der Waals surface area contributed by atoms with Crippen LogP contribution in [0.3, 0.4) is 0 Å². The van der Waals surface area contributed by atoms with Crippen LogP contribution in [0, 0.1) is 0 Å². The molecule has 0 spiro atoms. The molecule has 1 aromatic rings. The van der Waals surface area contributed by atoms with Crippen molar-refractivity contribution < 1.29 is 0 Å². The zero-order valence-electron chi connectivity index (χ0n) is 10.7. The molecule has 1 aromatic heterocycles. The second-order valence-electron chi connectivity index (χ2n) is 5.00. The molecule has 0 bridgehead atoms. The first-order valence-electron chi connectivity index (χ1n) is 6.55. The summed E-state index contributed by atoms with van der Waals surface area (Å²) >= 11 is 0. The summed E-state index contributed by atoms with van der Waals surface area (Å²) in [6.07, 6.45) is 7.58. The third kappa shape index (κ3) is 3.66. The van der Waals surface area contributed by atoms with E-state index in [9.17, 15) is 0 Å². The van der Waals surface area contributed by atoms with Crippen LogP contribution in [0.4, 0.5) is 5.95 Å². The number of nitrogens with zero attached hydrogens (tertiary/aromatic N) is 2. The van der Waals surface area contributed by atoms with E-state index in [1.807, 2.05) is 12.4 Å². The maximum Gasteiger partial charge on any atom is 0.222 e. The van der Waals surface area contributed by atoms with Crippen LogP contribution in [0.15, 0.2) is 12.4 Å². The smallest absolute Gasteiger partial charge is 0.222 e. The molecule has 1 saturated heterocycles. The highest BCUT2D eigenvalue weighted by atomic mass is 15.1. The lowest BCUT2D eigenvalue weighted by Crippen LogP contribution is -2.24. The Kier molecular flexibility index (Phi) is 4.31. The molecule has 1 aliphatic heterocycles. The zero-order chi connectivity index (χ0) is 12.1. The van der Waals surface area contributed by atoms with E-state index < -0.39 is 0 Å². The van der Waals surface area contributed by atoms with Gasteiger partial charge in [-0.15, -0.1) is 0 Å². The van der Waals surface area contributed by atoms with E-state index >= 15 is 0 Å². The van der Waals surface area contributed by atoms with E-state index in [0.717, 1.165) is 18.9 Å². The first-order chi connectivity index (χ1) is 8.25. The highest BCUT2D eigenvalue weighted by molar-refractivity contribution is 5.25. The monoisotopic (exact) mass is 234 g/mol. The normalized spacial score (nSPS) is 19.8.